The van der Waals surface area contributed by atoms with Crippen molar-refractivity contribution < 1.29 is 33.3 Å². The van der Waals surface area contributed by atoms with Crippen LogP contribution in [0.3, 0.4) is 0 Å². The van der Waals surface area contributed by atoms with Gasteiger partial charge in [-0.15, -0.1) is 0 Å². The van der Waals surface area contributed by atoms with Gasteiger partial charge in [0.1, 0.15) is 24.7 Å². The molecule has 0 radical (unpaired) electrons. The molecule has 0 bridgehead atoms. The van der Waals surface area contributed by atoms with Crippen LogP contribution in [-0.2, 0) is 20.9 Å². The molecule has 1 heterocycles. The molecule has 0 spiro atoms. The molecule has 0 N–H and O–H groups in total. The molecule has 0 unspecified atom stereocenters. The molecule has 7 nitrogen and oxygen atoms in total. The molecule has 0 aromatic heterocycles. The van der Waals surface area contributed by atoms with Crippen LogP contribution >= 0.6 is 0 Å². The van der Waals surface area contributed by atoms with Gasteiger partial charge in [-0.05, 0) is 55.9 Å². The molecule has 2 aromatic carbocycles. The first kappa shape index (κ1) is 20.7. The van der Waals surface area contributed by atoms with Crippen molar-refractivity contribution in [2.75, 3.05) is 20.8 Å². The standard InChI is InChI=1S/C25H26O7/c1-28-20-10-9-17(16-7-4-8-18-19(16)13-30-23(18)26)21(22(20)29-2)31-14-25(11-12-25)24(27)32-15-5-3-6-15/h4,7-10,15H,3,5-6,11-14H2,1-2H3. The van der Waals surface area contributed by atoms with Crippen molar-refractivity contribution in [3.63, 3.8) is 0 Å². The zero-order chi connectivity index (χ0) is 22.3. The number of carbonyl (C=O) groups is 2. The fraction of sp³-hybridized carbons (Fsp3) is 0.440. The Kier molecular flexibility index (Phi) is 5.19. The van der Waals surface area contributed by atoms with Crippen molar-refractivity contribution in [1.82, 2.24) is 0 Å². The number of esters is 2. The van der Waals surface area contributed by atoms with Gasteiger partial charge in [-0.1, -0.05) is 12.1 Å². The molecule has 0 atom stereocenters. The van der Waals surface area contributed by atoms with Gasteiger partial charge in [0.15, 0.2) is 11.5 Å². The molecule has 2 fully saturated rings. The summed E-state index contributed by atoms with van der Waals surface area (Å²) in [5, 5.41) is 0. The van der Waals surface area contributed by atoms with Crippen LogP contribution in [0.25, 0.3) is 11.1 Å². The maximum absolute atomic E-state index is 12.8. The first-order chi connectivity index (χ1) is 15.6. The maximum Gasteiger partial charge on any atom is 0.338 e. The summed E-state index contributed by atoms with van der Waals surface area (Å²) in [6, 6.07) is 9.18. The molecule has 1 aliphatic heterocycles. The van der Waals surface area contributed by atoms with Crippen LogP contribution in [-0.4, -0.2) is 38.9 Å². The zero-order valence-corrected chi connectivity index (χ0v) is 18.3. The number of benzene rings is 2. The second-order valence-corrected chi connectivity index (χ2v) is 8.61. The highest BCUT2D eigenvalue weighted by Crippen LogP contribution is 2.51. The van der Waals surface area contributed by atoms with Crippen LogP contribution in [0.5, 0.6) is 17.2 Å². The lowest BCUT2D eigenvalue weighted by atomic mass is 9.95. The van der Waals surface area contributed by atoms with Crippen molar-refractivity contribution in [1.29, 1.82) is 0 Å². The molecular formula is C25H26O7. The Morgan fingerprint density at radius 1 is 1.03 bits per heavy atom. The highest BCUT2D eigenvalue weighted by atomic mass is 16.6. The summed E-state index contributed by atoms with van der Waals surface area (Å²) in [5.41, 5.74) is 2.32. The van der Waals surface area contributed by atoms with Gasteiger partial charge in [0.25, 0.3) is 0 Å². The number of methoxy groups -OCH3 is 2. The fourth-order valence-corrected chi connectivity index (χ4v) is 4.19. The average molecular weight is 438 g/mol. The third-order valence-corrected chi connectivity index (χ3v) is 6.64. The predicted molar refractivity (Wildman–Crippen MR) is 115 cm³/mol. The van der Waals surface area contributed by atoms with Crippen LogP contribution in [0.15, 0.2) is 30.3 Å². The van der Waals surface area contributed by atoms with Gasteiger partial charge in [-0.25, -0.2) is 4.79 Å². The Hall–Kier alpha value is -3.22. The Balaban J connectivity index is 1.49. The quantitative estimate of drug-likeness (QED) is 0.569. The topological polar surface area (TPSA) is 80.3 Å². The van der Waals surface area contributed by atoms with Gasteiger partial charge in [0, 0.05) is 11.1 Å². The van der Waals surface area contributed by atoms with E-state index in [1.165, 1.54) is 0 Å². The number of fused-ring (bicyclic) bond motifs is 1. The number of cyclic esters (lactones) is 1. The molecule has 5 rings (SSSR count). The minimum absolute atomic E-state index is 0.0475. The lowest BCUT2D eigenvalue weighted by Gasteiger charge is -2.28. The van der Waals surface area contributed by atoms with Gasteiger partial charge in [0.2, 0.25) is 5.75 Å². The zero-order valence-electron chi connectivity index (χ0n) is 18.3. The summed E-state index contributed by atoms with van der Waals surface area (Å²) in [5.74, 6) is 0.928. The van der Waals surface area contributed by atoms with E-state index in [4.69, 9.17) is 23.7 Å². The number of ether oxygens (including phenoxy) is 5. The minimum Gasteiger partial charge on any atom is -0.493 e. The molecule has 0 amide bonds. The summed E-state index contributed by atoms with van der Waals surface area (Å²) < 4.78 is 28.3. The number of carbonyl (C=O) groups excluding carboxylic acids is 2. The smallest absolute Gasteiger partial charge is 0.338 e. The van der Waals surface area contributed by atoms with Crippen LogP contribution in [0, 0.1) is 5.41 Å². The van der Waals surface area contributed by atoms with E-state index in [1.54, 1.807) is 26.4 Å². The van der Waals surface area contributed by atoms with E-state index in [-0.39, 0.29) is 31.3 Å². The van der Waals surface area contributed by atoms with Gasteiger partial charge >= 0.3 is 11.9 Å². The Labute approximate surface area is 186 Å². The number of hydrogen-bond donors (Lipinski definition) is 0. The summed E-state index contributed by atoms with van der Waals surface area (Å²) in [7, 11) is 3.11. The van der Waals surface area contributed by atoms with Gasteiger partial charge in [-0.3, -0.25) is 4.79 Å². The first-order valence-corrected chi connectivity index (χ1v) is 10.9. The third kappa shape index (κ3) is 3.45. The third-order valence-electron chi connectivity index (χ3n) is 6.64. The molecule has 32 heavy (non-hydrogen) atoms. The van der Waals surface area contributed by atoms with E-state index in [1.807, 2.05) is 18.2 Å². The highest BCUT2D eigenvalue weighted by molar-refractivity contribution is 5.96. The monoisotopic (exact) mass is 438 g/mol. The van der Waals surface area contributed by atoms with Gasteiger partial charge in [0.05, 0.1) is 19.8 Å². The van der Waals surface area contributed by atoms with E-state index >= 15 is 0 Å². The average Bonchev–Trinajstić information content (AvgIpc) is 3.49. The fourth-order valence-electron chi connectivity index (χ4n) is 4.19. The lowest BCUT2D eigenvalue weighted by molar-refractivity contribution is -0.161. The molecular weight excluding hydrogens is 412 g/mol. The Bertz CT molecular complexity index is 1070. The SMILES string of the molecule is COc1ccc(-c2cccc3c2COC3=O)c(OCC2(C(=O)OC3CCC3)CC2)c1OC. The number of hydrogen-bond acceptors (Lipinski definition) is 7. The van der Waals surface area contributed by atoms with Crippen LogP contribution in [0.2, 0.25) is 0 Å². The van der Waals surface area contributed by atoms with Crippen LogP contribution in [0.1, 0.15) is 48.0 Å². The van der Waals surface area contributed by atoms with Gasteiger partial charge < -0.3 is 23.7 Å². The minimum atomic E-state index is -0.612. The van der Waals surface area contributed by atoms with Crippen molar-refractivity contribution in [2.45, 2.75) is 44.8 Å². The van der Waals surface area contributed by atoms with Crippen LogP contribution < -0.4 is 14.2 Å². The molecule has 2 aromatic rings. The summed E-state index contributed by atoms with van der Waals surface area (Å²) in [6.07, 6.45) is 4.52. The molecule has 2 saturated carbocycles. The van der Waals surface area contributed by atoms with E-state index in [0.717, 1.165) is 48.8 Å². The summed E-state index contributed by atoms with van der Waals surface area (Å²) in [6.45, 7) is 0.398. The second-order valence-electron chi connectivity index (χ2n) is 8.61. The normalized spacial score (nSPS) is 18.2. The van der Waals surface area contributed by atoms with E-state index < -0.39 is 5.41 Å². The predicted octanol–water partition coefficient (Wildman–Crippen LogP) is 4.30. The molecule has 2 aliphatic carbocycles. The summed E-state index contributed by atoms with van der Waals surface area (Å²) in [4.78, 5) is 24.8. The van der Waals surface area contributed by atoms with E-state index in [2.05, 4.69) is 0 Å². The first-order valence-electron chi connectivity index (χ1n) is 10.9. The van der Waals surface area contributed by atoms with E-state index in [9.17, 15) is 9.59 Å². The molecule has 3 aliphatic rings. The van der Waals surface area contributed by atoms with Crippen LogP contribution in [0.4, 0.5) is 0 Å². The van der Waals surface area contributed by atoms with Crippen molar-refractivity contribution in [3.8, 4) is 28.4 Å². The van der Waals surface area contributed by atoms with Crippen molar-refractivity contribution >= 4 is 11.9 Å². The highest BCUT2D eigenvalue weighted by Gasteiger charge is 2.53. The Morgan fingerprint density at radius 2 is 1.81 bits per heavy atom. The maximum atomic E-state index is 12.8. The molecule has 168 valence electrons. The largest absolute Gasteiger partial charge is 0.493 e. The lowest BCUT2D eigenvalue weighted by Crippen LogP contribution is -2.32. The molecule has 0 saturated heterocycles. The summed E-state index contributed by atoms with van der Waals surface area (Å²) >= 11 is 0. The molecule has 7 heteroatoms. The Morgan fingerprint density at radius 3 is 2.47 bits per heavy atom. The van der Waals surface area contributed by atoms with E-state index in [0.29, 0.717) is 22.8 Å². The van der Waals surface area contributed by atoms with Crippen molar-refractivity contribution in [2.24, 2.45) is 5.41 Å². The van der Waals surface area contributed by atoms with Gasteiger partial charge in [-0.2, -0.15) is 0 Å². The number of rotatable bonds is 8. The second kappa shape index (κ2) is 8.04. The van der Waals surface area contributed by atoms with Crippen molar-refractivity contribution in [3.05, 3.63) is 41.5 Å².